The Hall–Kier alpha value is -1.81. The van der Waals surface area contributed by atoms with Gasteiger partial charge in [-0.05, 0) is 18.6 Å². The Labute approximate surface area is 112 Å². The predicted molar refractivity (Wildman–Crippen MR) is 71.3 cm³/mol. The summed E-state index contributed by atoms with van der Waals surface area (Å²) in [4.78, 5) is 5.72. The lowest BCUT2D eigenvalue weighted by atomic mass is 9.76. The molecule has 4 nitrogen and oxygen atoms in total. The van der Waals surface area contributed by atoms with Crippen molar-refractivity contribution >= 4 is 6.34 Å². The normalized spacial score (nSPS) is 31.6. The number of rotatable bonds is 0. The van der Waals surface area contributed by atoms with Crippen LogP contribution in [0, 0.1) is 0 Å². The summed E-state index contributed by atoms with van der Waals surface area (Å²) in [5, 5.41) is 9.64. The Morgan fingerprint density at radius 2 is 2.26 bits per heavy atom. The van der Waals surface area contributed by atoms with Crippen LogP contribution in [0.1, 0.15) is 31.2 Å². The van der Waals surface area contributed by atoms with Gasteiger partial charge >= 0.3 is 0 Å². The van der Waals surface area contributed by atoms with Crippen LogP contribution in [0.3, 0.4) is 0 Å². The highest BCUT2D eigenvalue weighted by Gasteiger charge is 2.50. The summed E-state index contributed by atoms with van der Waals surface area (Å²) in [6.45, 7) is 0.709. The van der Waals surface area contributed by atoms with Crippen molar-refractivity contribution < 1.29 is 14.7 Å². The number of nitrogens with one attached hydrogen (secondary N) is 1. The summed E-state index contributed by atoms with van der Waals surface area (Å²) in [6.07, 6.45) is 8.50. The minimum Gasteiger partial charge on any atom is -0.508 e. The summed E-state index contributed by atoms with van der Waals surface area (Å²) in [6, 6.07) is 5.52. The molecule has 1 aromatic rings. The third-order valence-corrected chi connectivity index (χ3v) is 4.61. The molecule has 1 fully saturated rings. The lowest BCUT2D eigenvalue weighted by Crippen LogP contribution is -3.16. The molecule has 3 aliphatic heterocycles. The van der Waals surface area contributed by atoms with E-state index in [-0.39, 0.29) is 11.3 Å². The number of hydrogen-bond donors (Lipinski definition) is 2. The standard InChI is InChI=1S/C15H16N2O2/c18-12-3-4-13-14(8-12)19-7-6-15(13)5-1-2-11-9-16-10-17(11)15/h3-4,8-10,18H,1-2,5-7H2/p+1. The van der Waals surface area contributed by atoms with Gasteiger partial charge in [-0.25, -0.2) is 4.99 Å². The molecular weight excluding hydrogens is 240 g/mol. The molecule has 0 aliphatic carbocycles. The number of hydrogen-bond acceptors (Lipinski definition) is 3. The van der Waals surface area contributed by atoms with E-state index in [9.17, 15) is 5.11 Å². The van der Waals surface area contributed by atoms with Gasteiger partial charge in [0.2, 0.25) is 0 Å². The van der Waals surface area contributed by atoms with Gasteiger partial charge in [-0.15, -0.1) is 0 Å². The lowest BCUT2D eigenvalue weighted by molar-refractivity contribution is -0.836. The van der Waals surface area contributed by atoms with Crippen molar-refractivity contribution in [1.82, 2.24) is 0 Å². The number of phenolic OH excluding ortho intramolecular Hbond substituents is 1. The monoisotopic (exact) mass is 257 g/mol. The molecule has 2 unspecified atom stereocenters. The number of fused-ring (bicyclic) bond motifs is 4. The minimum atomic E-state index is 0.0470. The molecule has 98 valence electrons. The molecule has 0 radical (unpaired) electrons. The molecule has 4 heteroatoms. The summed E-state index contributed by atoms with van der Waals surface area (Å²) in [5.41, 5.74) is 2.64. The van der Waals surface area contributed by atoms with Crippen LogP contribution in [-0.4, -0.2) is 18.1 Å². The number of allylic oxidation sites excluding steroid dienone is 1. The zero-order chi connectivity index (χ0) is 12.9. The maximum Gasteiger partial charge on any atom is 0.194 e. The van der Waals surface area contributed by atoms with E-state index in [4.69, 9.17) is 4.74 Å². The maximum atomic E-state index is 9.64. The Morgan fingerprint density at radius 3 is 3.21 bits per heavy atom. The number of benzene rings is 1. The van der Waals surface area contributed by atoms with Gasteiger partial charge in [-0.2, -0.15) is 0 Å². The van der Waals surface area contributed by atoms with Crippen molar-refractivity contribution in [2.75, 3.05) is 6.61 Å². The zero-order valence-electron chi connectivity index (χ0n) is 10.7. The minimum absolute atomic E-state index is 0.0470. The molecule has 19 heavy (non-hydrogen) atoms. The van der Waals surface area contributed by atoms with Gasteiger partial charge in [0, 0.05) is 25.3 Å². The number of quaternary nitrogens is 1. The van der Waals surface area contributed by atoms with Gasteiger partial charge in [-0.1, -0.05) is 0 Å². The topological polar surface area (TPSA) is 46.3 Å². The van der Waals surface area contributed by atoms with E-state index in [1.54, 1.807) is 12.1 Å². The Bertz CT molecular complexity index is 594. The first-order chi connectivity index (χ1) is 9.29. The molecule has 1 saturated heterocycles. The molecule has 3 aliphatic rings. The lowest BCUT2D eigenvalue weighted by Gasteiger charge is -2.44. The molecule has 0 bridgehead atoms. The second-order valence-corrected chi connectivity index (χ2v) is 5.56. The fourth-order valence-corrected chi connectivity index (χ4v) is 3.73. The van der Waals surface area contributed by atoms with Crippen LogP contribution < -0.4 is 9.64 Å². The molecule has 0 saturated carbocycles. The molecule has 0 aromatic heterocycles. The van der Waals surface area contributed by atoms with Gasteiger partial charge in [-0.3, -0.25) is 4.90 Å². The number of nitrogens with zero attached hydrogens (tertiary/aromatic N) is 1. The fraction of sp³-hybridized carbons (Fsp3) is 0.400. The Balaban J connectivity index is 1.88. The molecular formula is C15H17N2O2+. The second kappa shape index (κ2) is 3.84. The summed E-state index contributed by atoms with van der Waals surface area (Å²) in [5.74, 6) is 1.10. The first-order valence-corrected chi connectivity index (χ1v) is 6.86. The van der Waals surface area contributed by atoms with E-state index in [2.05, 4.69) is 4.99 Å². The van der Waals surface area contributed by atoms with Crippen molar-refractivity contribution in [2.24, 2.45) is 4.99 Å². The Morgan fingerprint density at radius 1 is 1.32 bits per heavy atom. The van der Waals surface area contributed by atoms with Crippen molar-refractivity contribution in [3.05, 3.63) is 35.7 Å². The smallest absolute Gasteiger partial charge is 0.194 e. The van der Waals surface area contributed by atoms with Gasteiger partial charge < -0.3 is 9.84 Å². The molecule has 1 spiro atoms. The first-order valence-electron chi connectivity index (χ1n) is 6.86. The van der Waals surface area contributed by atoms with Gasteiger partial charge in [0.15, 0.2) is 6.34 Å². The van der Waals surface area contributed by atoms with Crippen LogP contribution in [0.15, 0.2) is 35.1 Å². The van der Waals surface area contributed by atoms with E-state index in [1.807, 2.05) is 18.6 Å². The molecule has 1 aromatic carbocycles. The number of aliphatic imine (C=N–C) groups is 1. The SMILES string of the molecule is Oc1ccc2c(c1)OCCC21CCCC2=CN=C[NH+]21. The van der Waals surface area contributed by atoms with Crippen molar-refractivity contribution in [1.29, 1.82) is 0 Å². The highest BCUT2D eigenvalue weighted by molar-refractivity contribution is 5.53. The van der Waals surface area contributed by atoms with Gasteiger partial charge in [0.25, 0.3) is 0 Å². The van der Waals surface area contributed by atoms with Gasteiger partial charge in [0.05, 0.1) is 18.4 Å². The Kier molecular flexibility index (Phi) is 2.23. The predicted octanol–water partition coefficient (Wildman–Crippen LogP) is 1.32. The van der Waals surface area contributed by atoms with Crippen LogP contribution in [0.4, 0.5) is 0 Å². The van der Waals surface area contributed by atoms with Crippen LogP contribution in [0.5, 0.6) is 11.5 Å². The fourth-order valence-electron chi connectivity index (χ4n) is 3.73. The number of aromatic hydroxyl groups is 1. The summed E-state index contributed by atoms with van der Waals surface area (Å²) < 4.78 is 5.74. The molecule has 3 heterocycles. The van der Waals surface area contributed by atoms with Crippen molar-refractivity contribution in [2.45, 2.75) is 31.2 Å². The van der Waals surface area contributed by atoms with Crippen molar-refractivity contribution in [3.63, 3.8) is 0 Å². The summed E-state index contributed by atoms with van der Waals surface area (Å²) in [7, 11) is 0. The number of piperidine rings is 1. The quantitative estimate of drug-likeness (QED) is 0.736. The average Bonchev–Trinajstić information content (AvgIpc) is 2.89. The van der Waals surface area contributed by atoms with E-state index in [1.165, 1.54) is 22.6 Å². The average molecular weight is 257 g/mol. The van der Waals surface area contributed by atoms with Crippen LogP contribution in [-0.2, 0) is 5.54 Å². The second-order valence-electron chi connectivity index (χ2n) is 5.56. The largest absolute Gasteiger partial charge is 0.508 e. The van der Waals surface area contributed by atoms with E-state index in [0.29, 0.717) is 6.61 Å². The van der Waals surface area contributed by atoms with E-state index >= 15 is 0 Å². The number of phenols is 1. The first kappa shape index (κ1) is 11.1. The molecule has 2 N–H and O–H groups in total. The number of ether oxygens (including phenoxy) is 1. The van der Waals surface area contributed by atoms with E-state index < -0.39 is 0 Å². The van der Waals surface area contributed by atoms with Crippen LogP contribution in [0.25, 0.3) is 0 Å². The third kappa shape index (κ3) is 1.46. The van der Waals surface area contributed by atoms with Gasteiger partial charge in [0.1, 0.15) is 22.7 Å². The molecule has 0 amide bonds. The molecule has 4 rings (SSSR count). The third-order valence-electron chi connectivity index (χ3n) is 4.61. The highest BCUT2D eigenvalue weighted by atomic mass is 16.5. The van der Waals surface area contributed by atoms with Crippen LogP contribution in [0.2, 0.25) is 0 Å². The van der Waals surface area contributed by atoms with Crippen LogP contribution >= 0.6 is 0 Å². The zero-order valence-corrected chi connectivity index (χ0v) is 10.7. The summed E-state index contributed by atoms with van der Waals surface area (Å²) >= 11 is 0. The maximum absolute atomic E-state index is 9.64. The molecule has 2 atom stereocenters. The van der Waals surface area contributed by atoms with Crippen molar-refractivity contribution in [3.8, 4) is 11.5 Å². The highest BCUT2D eigenvalue weighted by Crippen LogP contribution is 2.42. The van der Waals surface area contributed by atoms with E-state index in [0.717, 1.165) is 25.0 Å².